The van der Waals surface area contributed by atoms with Crippen LogP contribution >= 0.6 is 0 Å². The lowest BCUT2D eigenvalue weighted by atomic mass is 10.2. The molecule has 108 valence electrons. The fourth-order valence-electron chi connectivity index (χ4n) is 2.01. The lowest BCUT2D eigenvalue weighted by Crippen LogP contribution is -2.35. The molecule has 1 heterocycles. The van der Waals surface area contributed by atoms with E-state index in [0.717, 1.165) is 5.56 Å². The van der Waals surface area contributed by atoms with Crippen molar-refractivity contribution in [3.8, 4) is 0 Å². The van der Waals surface area contributed by atoms with Crippen LogP contribution in [0.3, 0.4) is 0 Å². The van der Waals surface area contributed by atoms with E-state index in [1.807, 2.05) is 11.5 Å². The van der Waals surface area contributed by atoms with Crippen molar-refractivity contribution in [1.29, 1.82) is 0 Å². The fraction of sp³-hybridized carbons (Fsp3) is 0.308. The molecule has 0 radical (unpaired) electrons. The molecule has 0 bridgehead atoms. The molecule has 2 aromatic rings. The molecule has 6 nitrogen and oxygen atoms in total. The molecule has 1 unspecified atom stereocenters. The van der Waals surface area contributed by atoms with E-state index in [2.05, 4.69) is 9.71 Å². The lowest BCUT2D eigenvalue weighted by molar-refractivity contribution is 0.520. The molecule has 7 heteroatoms. The maximum atomic E-state index is 12.3. The largest absolute Gasteiger partial charge is 0.399 e. The molecule has 1 atom stereocenters. The van der Waals surface area contributed by atoms with Crippen LogP contribution < -0.4 is 10.5 Å². The van der Waals surface area contributed by atoms with Crippen LogP contribution in [0.1, 0.15) is 12.5 Å². The van der Waals surface area contributed by atoms with Crippen molar-refractivity contribution in [3.63, 3.8) is 0 Å². The molecular weight excluding hydrogens is 276 g/mol. The van der Waals surface area contributed by atoms with Crippen LogP contribution in [-0.4, -0.2) is 24.0 Å². The molecule has 0 aliphatic heterocycles. The van der Waals surface area contributed by atoms with Gasteiger partial charge in [-0.2, -0.15) is 0 Å². The summed E-state index contributed by atoms with van der Waals surface area (Å²) in [6.45, 7) is 4.13. The quantitative estimate of drug-likeness (QED) is 0.809. The Balaban J connectivity index is 2.14. The number of nitrogens with one attached hydrogen (secondary N) is 1. The number of hydrogen-bond donors (Lipinski definition) is 2. The van der Waals surface area contributed by atoms with Crippen molar-refractivity contribution >= 4 is 15.7 Å². The summed E-state index contributed by atoms with van der Waals surface area (Å²) in [7, 11) is -3.57. The second-order valence-electron chi connectivity index (χ2n) is 4.86. The Morgan fingerprint density at radius 3 is 2.75 bits per heavy atom. The minimum Gasteiger partial charge on any atom is -0.399 e. The zero-order valence-electron chi connectivity index (χ0n) is 11.4. The van der Waals surface area contributed by atoms with Gasteiger partial charge >= 0.3 is 0 Å². The second kappa shape index (κ2) is 5.64. The Labute approximate surface area is 118 Å². The second-order valence-corrected chi connectivity index (χ2v) is 6.58. The molecule has 0 saturated heterocycles. The molecular formula is C13H18N4O2S. The summed E-state index contributed by atoms with van der Waals surface area (Å²) in [5.41, 5.74) is 6.94. The number of imidazole rings is 1. The third-order valence-corrected chi connectivity index (χ3v) is 4.35. The molecule has 1 aromatic carbocycles. The summed E-state index contributed by atoms with van der Waals surface area (Å²) < 4.78 is 29.0. The van der Waals surface area contributed by atoms with Gasteiger partial charge in [0, 0.05) is 30.7 Å². The van der Waals surface area contributed by atoms with Gasteiger partial charge in [-0.05, 0) is 37.6 Å². The summed E-state index contributed by atoms with van der Waals surface area (Å²) in [6, 6.07) is 4.53. The number of sulfonamides is 1. The van der Waals surface area contributed by atoms with Crippen LogP contribution in [0.15, 0.2) is 41.8 Å². The number of aromatic nitrogens is 2. The standard InChI is InChI=1S/C13H18N4O2S/c1-10-5-12(14)7-13(6-10)20(18,19)16-11(2)8-17-4-3-15-9-17/h3-7,9,11,16H,8,14H2,1-2H3. The minimum atomic E-state index is -3.57. The Hall–Kier alpha value is -1.86. The maximum absolute atomic E-state index is 12.3. The van der Waals surface area contributed by atoms with E-state index in [1.54, 1.807) is 37.8 Å². The van der Waals surface area contributed by atoms with Crippen molar-refractivity contribution in [1.82, 2.24) is 14.3 Å². The van der Waals surface area contributed by atoms with Gasteiger partial charge in [-0.3, -0.25) is 0 Å². The van der Waals surface area contributed by atoms with Gasteiger partial charge in [-0.15, -0.1) is 0 Å². The van der Waals surface area contributed by atoms with E-state index in [4.69, 9.17) is 5.73 Å². The summed E-state index contributed by atoms with van der Waals surface area (Å²) in [5, 5.41) is 0. The number of rotatable bonds is 5. The number of nitrogens with zero attached hydrogens (tertiary/aromatic N) is 2. The van der Waals surface area contributed by atoms with E-state index >= 15 is 0 Å². The Morgan fingerprint density at radius 1 is 1.40 bits per heavy atom. The van der Waals surface area contributed by atoms with Crippen LogP contribution in [-0.2, 0) is 16.6 Å². The van der Waals surface area contributed by atoms with Crippen molar-refractivity contribution in [3.05, 3.63) is 42.5 Å². The highest BCUT2D eigenvalue weighted by Crippen LogP contribution is 2.16. The van der Waals surface area contributed by atoms with Crippen molar-refractivity contribution in [2.75, 3.05) is 5.73 Å². The Morgan fingerprint density at radius 2 is 2.15 bits per heavy atom. The van der Waals surface area contributed by atoms with Crippen LogP contribution in [0.2, 0.25) is 0 Å². The van der Waals surface area contributed by atoms with Crippen LogP contribution in [0.25, 0.3) is 0 Å². The van der Waals surface area contributed by atoms with Crippen LogP contribution in [0.4, 0.5) is 5.69 Å². The summed E-state index contributed by atoms with van der Waals surface area (Å²) in [4.78, 5) is 4.11. The molecule has 0 spiro atoms. The molecule has 2 rings (SSSR count). The fourth-order valence-corrected chi connectivity index (χ4v) is 3.39. The highest BCUT2D eigenvalue weighted by Gasteiger charge is 2.18. The van der Waals surface area contributed by atoms with Crippen molar-refractivity contribution in [2.45, 2.75) is 31.3 Å². The van der Waals surface area contributed by atoms with Gasteiger partial charge in [0.1, 0.15) is 0 Å². The van der Waals surface area contributed by atoms with Gasteiger partial charge in [0.15, 0.2) is 0 Å². The Kier molecular flexibility index (Phi) is 4.10. The van der Waals surface area contributed by atoms with Gasteiger partial charge in [0.25, 0.3) is 0 Å². The highest BCUT2D eigenvalue weighted by molar-refractivity contribution is 7.89. The molecule has 0 fully saturated rings. The molecule has 1 aromatic heterocycles. The first-order chi connectivity index (χ1) is 9.37. The number of aryl methyl sites for hydroxylation is 1. The van der Waals surface area contributed by atoms with Crippen LogP contribution in [0.5, 0.6) is 0 Å². The zero-order valence-corrected chi connectivity index (χ0v) is 12.3. The topological polar surface area (TPSA) is 90.0 Å². The highest BCUT2D eigenvalue weighted by atomic mass is 32.2. The average Bonchev–Trinajstić information content (AvgIpc) is 2.79. The van der Waals surface area contributed by atoms with Gasteiger partial charge in [0.2, 0.25) is 10.0 Å². The number of hydrogen-bond acceptors (Lipinski definition) is 4. The molecule has 3 N–H and O–H groups in total. The van der Waals surface area contributed by atoms with E-state index in [0.29, 0.717) is 12.2 Å². The third kappa shape index (κ3) is 3.58. The number of nitrogen functional groups attached to an aromatic ring is 1. The molecule has 20 heavy (non-hydrogen) atoms. The van der Waals surface area contributed by atoms with Crippen LogP contribution in [0, 0.1) is 6.92 Å². The first-order valence-corrected chi connectivity index (χ1v) is 7.70. The van der Waals surface area contributed by atoms with Crippen molar-refractivity contribution < 1.29 is 8.42 Å². The minimum absolute atomic E-state index is 0.187. The van der Waals surface area contributed by atoms with Gasteiger partial charge in [-0.1, -0.05) is 0 Å². The predicted octanol–water partition coefficient (Wildman–Crippen LogP) is 1.14. The normalized spacial score (nSPS) is 13.3. The van der Waals surface area contributed by atoms with Gasteiger partial charge in [0.05, 0.1) is 11.2 Å². The monoisotopic (exact) mass is 294 g/mol. The molecule has 0 aliphatic carbocycles. The average molecular weight is 294 g/mol. The van der Waals surface area contributed by atoms with E-state index in [1.165, 1.54) is 6.07 Å². The SMILES string of the molecule is Cc1cc(N)cc(S(=O)(=O)NC(C)Cn2ccnc2)c1. The van der Waals surface area contributed by atoms with E-state index < -0.39 is 10.0 Å². The first kappa shape index (κ1) is 14.5. The van der Waals surface area contributed by atoms with E-state index in [9.17, 15) is 8.42 Å². The smallest absolute Gasteiger partial charge is 0.240 e. The van der Waals surface area contributed by atoms with E-state index in [-0.39, 0.29) is 10.9 Å². The first-order valence-electron chi connectivity index (χ1n) is 6.22. The summed E-state index contributed by atoms with van der Waals surface area (Å²) >= 11 is 0. The number of nitrogens with two attached hydrogens (primary N) is 1. The van der Waals surface area contributed by atoms with Gasteiger partial charge in [-0.25, -0.2) is 18.1 Å². The third-order valence-electron chi connectivity index (χ3n) is 2.78. The number of benzene rings is 1. The molecule has 0 saturated carbocycles. The Bertz CT molecular complexity index is 660. The summed E-state index contributed by atoms with van der Waals surface area (Å²) in [6.07, 6.45) is 5.09. The van der Waals surface area contributed by atoms with Crippen molar-refractivity contribution in [2.24, 2.45) is 0 Å². The summed E-state index contributed by atoms with van der Waals surface area (Å²) in [5.74, 6) is 0. The maximum Gasteiger partial charge on any atom is 0.240 e. The zero-order chi connectivity index (χ0) is 14.8. The number of anilines is 1. The van der Waals surface area contributed by atoms with Gasteiger partial charge < -0.3 is 10.3 Å². The molecule has 0 amide bonds. The molecule has 0 aliphatic rings. The predicted molar refractivity (Wildman–Crippen MR) is 77.6 cm³/mol. The lowest BCUT2D eigenvalue weighted by Gasteiger charge is -2.15.